The molecular weight excluding hydrogens is 320 g/mol. The molecule has 3 nitrogen and oxygen atoms in total. The minimum Gasteiger partial charge on any atom is -0.273 e. The van der Waals surface area contributed by atoms with E-state index in [1.54, 1.807) is 11.9 Å². The van der Waals surface area contributed by atoms with Crippen molar-refractivity contribution in [1.82, 2.24) is 5.01 Å². The van der Waals surface area contributed by atoms with Gasteiger partial charge >= 0.3 is 0 Å². The van der Waals surface area contributed by atoms with Gasteiger partial charge in [0.05, 0.1) is 11.8 Å². The molecule has 2 aromatic carbocycles. The maximum Gasteiger partial charge on any atom is 0.240 e. The van der Waals surface area contributed by atoms with Crippen molar-refractivity contribution >= 4 is 23.2 Å². The average molecular weight is 339 g/mol. The zero-order valence-corrected chi connectivity index (χ0v) is 14.3. The van der Waals surface area contributed by atoms with Crippen LogP contribution in [0.5, 0.6) is 0 Å². The third-order valence-corrected chi connectivity index (χ3v) is 5.25. The Morgan fingerprint density at radius 2 is 1.92 bits per heavy atom. The number of hydrazone groups is 1. The molecule has 0 spiro atoms. The lowest BCUT2D eigenvalue weighted by Crippen LogP contribution is -2.29. The summed E-state index contributed by atoms with van der Waals surface area (Å²) in [7, 11) is 0. The maximum atomic E-state index is 12.2. The van der Waals surface area contributed by atoms with E-state index in [0.717, 1.165) is 30.5 Å². The van der Waals surface area contributed by atoms with Gasteiger partial charge < -0.3 is 0 Å². The van der Waals surface area contributed by atoms with Gasteiger partial charge in [0.15, 0.2) is 0 Å². The number of halogens is 1. The maximum absolute atomic E-state index is 12.2. The first-order valence-corrected chi connectivity index (χ1v) is 8.75. The number of carbonyl (C=O) groups is 1. The summed E-state index contributed by atoms with van der Waals surface area (Å²) < 4.78 is 0. The SMILES string of the molecule is CC(=O)N1N=C2c3ccccc3CCCC2C1c1ccc(Cl)cc1. The lowest BCUT2D eigenvalue weighted by atomic mass is 9.85. The second kappa shape index (κ2) is 6.06. The van der Waals surface area contributed by atoms with Gasteiger partial charge in [-0.05, 0) is 42.5 Å². The van der Waals surface area contributed by atoms with E-state index in [2.05, 4.69) is 24.3 Å². The molecule has 122 valence electrons. The van der Waals surface area contributed by atoms with E-state index in [1.807, 2.05) is 24.3 Å². The zero-order chi connectivity index (χ0) is 16.7. The summed E-state index contributed by atoms with van der Waals surface area (Å²) in [6, 6.07) is 16.2. The highest BCUT2D eigenvalue weighted by molar-refractivity contribution is 6.30. The van der Waals surface area contributed by atoms with Gasteiger partial charge in [0.25, 0.3) is 0 Å². The van der Waals surface area contributed by atoms with E-state index >= 15 is 0 Å². The van der Waals surface area contributed by atoms with Crippen LogP contribution in [-0.2, 0) is 11.2 Å². The van der Waals surface area contributed by atoms with Crippen LogP contribution >= 0.6 is 11.6 Å². The van der Waals surface area contributed by atoms with Crippen LogP contribution in [0.3, 0.4) is 0 Å². The molecule has 1 amide bonds. The summed E-state index contributed by atoms with van der Waals surface area (Å²) in [6.07, 6.45) is 3.21. The largest absolute Gasteiger partial charge is 0.273 e. The first-order valence-electron chi connectivity index (χ1n) is 8.37. The molecule has 2 aliphatic rings. The summed E-state index contributed by atoms with van der Waals surface area (Å²) >= 11 is 6.04. The van der Waals surface area contributed by atoms with Crippen molar-refractivity contribution < 1.29 is 4.79 Å². The molecule has 1 aliphatic heterocycles. The van der Waals surface area contributed by atoms with Gasteiger partial charge in [-0.25, -0.2) is 5.01 Å². The van der Waals surface area contributed by atoms with Crippen LogP contribution in [-0.4, -0.2) is 16.6 Å². The Kier molecular flexibility index (Phi) is 3.89. The molecule has 24 heavy (non-hydrogen) atoms. The molecule has 0 fully saturated rings. The molecule has 0 saturated carbocycles. The van der Waals surface area contributed by atoms with E-state index < -0.39 is 0 Å². The highest BCUT2D eigenvalue weighted by Crippen LogP contribution is 2.42. The van der Waals surface area contributed by atoms with Gasteiger partial charge in [0, 0.05) is 23.4 Å². The highest BCUT2D eigenvalue weighted by Gasteiger charge is 2.41. The number of nitrogens with zero attached hydrogens (tertiary/aromatic N) is 2. The van der Waals surface area contributed by atoms with Crippen LogP contribution in [0, 0.1) is 5.92 Å². The number of hydrogen-bond acceptors (Lipinski definition) is 2. The molecule has 0 radical (unpaired) electrons. The van der Waals surface area contributed by atoms with E-state index in [-0.39, 0.29) is 17.9 Å². The first kappa shape index (κ1) is 15.4. The fourth-order valence-electron chi connectivity index (χ4n) is 3.92. The van der Waals surface area contributed by atoms with Gasteiger partial charge in [-0.15, -0.1) is 0 Å². The van der Waals surface area contributed by atoms with Crippen LogP contribution in [0.15, 0.2) is 53.6 Å². The Labute approximate surface area is 146 Å². The summed E-state index contributed by atoms with van der Waals surface area (Å²) in [5, 5.41) is 7.12. The summed E-state index contributed by atoms with van der Waals surface area (Å²) in [5.74, 6) is 0.215. The Morgan fingerprint density at radius 3 is 2.67 bits per heavy atom. The van der Waals surface area contributed by atoms with E-state index in [0.29, 0.717) is 5.02 Å². The summed E-state index contributed by atoms with van der Waals surface area (Å²) in [5.41, 5.74) is 4.68. The second-order valence-electron chi connectivity index (χ2n) is 6.50. The van der Waals surface area contributed by atoms with Crippen LogP contribution in [0.25, 0.3) is 0 Å². The lowest BCUT2D eigenvalue weighted by molar-refractivity contribution is -0.131. The van der Waals surface area contributed by atoms with Crippen molar-refractivity contribution in [3.05, 3.63) is 70.2 Å². The quantitative estimate of drug-likeness (QED) is 0.748. The van der Waals surface area contributed by atoms with Crippen LogP contribution < -0.4 is 0 Å². The lowest BCUT2D eigenvalue weighted by Gasteiger charge is -2.26. The van der Waals surface area contributed by atoms with Crippen molar-refractivity contribution in [3.8, 4) is 0 Å². The average Bonchev–Trinajstić information content (AvgIpc) is 2.86. The number of fused-ring (bicyclic) bond motifs is 3. The van der Waals surface area contributed by atoms with E-state index in [4.69, 9.17) is 16.7 Å². The minimum atomic E-state index is -0.0408. The number of amides is 1. The van der Waals surface area contributed by atoms with Gasteiger partial charge in [-0.3, -0.25) is 4.79 Å². The van der Waals surface area contributed by atoms with Gasteiger partial charge in [-0.1, -0.05) is 48.0 Å². The predicted molar refractivity (Wildman–Crippen MR) is 96.1 cm³/mol. The number of carbonyl (C=O) groups excluding carboxylic acids is 1. The minimum absolute atomic E-state index is 0.0204. The van der Waals surface area contributed by atoms with Crippen LogP contribution in [0.1, 0.15) is 42.5 Å². The Balaban J connectivity index is 1.82. The molecule has 0 aromatic heterocycles. The highest BCUT2D eigenvalue weighted by atomic mass is 35.5. The Bertz CT molecular complexity index is 813. The van der Waals surface area contributed by atoms with Gasteiger partial charge in [0.1, 0.15) is 0 Å². The van der Waals surface area contributed by atoms with Crippen LogP contribution in [0.2, 0.25) is 5.02 Å². The molecule has 0 saturated heterocycles. The molecule has 1 heterocycles. The Hall–Kier alpha value is -2.13. The van der Waals surface area contributed by atoms with Gasteiger partial charge in [0.2, 0.25) is 5.91 Å². The topological polar surface area (TPSA) is 32.7 Å². The monoisotopic (exact) mass is 338 g/mol. The Morgan fingerprint density at radius 1 is 1.17 bits per heavy atom. The number of hydrogen-bond donors (Lipinski definition) is 0. The smallest absolute Gasteiger partial charge is 0.240 e. The number of aryl methyl sites for hydroxylation is 1. The molecule has 2 aromatic rings. The fourth-order valence-corrected chi connectivity index (χ4v) is 4.05. The molecule has 0 bridgehead atoms. The van der Waals surface area contributed by atoms with Crippen molar-refractivity contribution in [2.45, 2.75) is 32.2 Å². The second-order valence-corrected chi connectivity index (χ2v) is 6.94. The van der Waals surface area contributed by atoms with Crippen molar-refractivity contribution in [1.29, 1.82) is 0 Å². The van der Waals surface area contributed by atoms with Crippen molar-refractivity contribution in [2.75, 3.05) is 0 Å². The zero-order valence-electron chi connectivity index (χ0n) is 13.6. The molecular formula is C20H19ClN2O. The third kappa shape index (κ3) is 2.53. The third-order valence-electron chi connectivity index (χ3n) is 5.00. The van der Waals surface area contributed by atoms with Crippen molar-refractivity contribution in [2.24, 2.45) is 11.0 Å². The van der Waals surface area contributed by atoms with E-state index in [9.17, 15) is 4.79 Å². The van der Waals surface area contributed by atoms with Gasteiger partial charge in [-0.2, -0.15) is 5.10 Å². The number of benzene rings is 2. The molecule has 4 heteroatoms. The molecule has 2 atom stereocenters. The first-order chi connectivity index (χ1) is 11.6. The van der Waals surface area contributed by atoms with E-state index in [1.165, 1.54) is 11.1 Å². The normalized spacial score (nSPS) is 22.4. The van der Waals surface area contributed by atoms with Crippen LogP contribution in [0.4, 0.5) is 0 Å². The fraction of sp³-hybridized carbons (Fsp3) is 0.300. The summed E-state index contributed by atoms with van der Waals surface area (Å²) in [4.78, 5) is 12.2. The standard InChI is InChI=1S/C20H19ClN2O/c1-13(24)23-20(15-9-11-16(21)12-10-15)18-8-4-6-14-5-2-3-7-17(14)19(18)22-23/h2-3,5,7,9-12,18,20H,4,6,8H2,1H3. The van der Waals surface area contributed by atoms with Crippen molar-refractivity contribution in [3.63, 3.8) is 0 Å². The molecule has 0 N–H and O–H groups in total. The number of rotatable bonds is 1. The summed E-state index contributed by atoms with van der Waals surface area (Å²) in [6.45, 7) is 1.59. The molecule has 2 unspecified atom stereocenters. The predicted octanol–water partition coefficient (Wildman–Crippen LogP) is 4.60. The molecule has 4 rings (SSSR count). The molecule has 1 aliphatic carbocycles.